The Bertz CT molecular complexity index is 544. The van der Waals surface area contributed by atoms with E-state index >= 15 is 0 Å². The zero-order valence-electron chi connectivity index (χ0n) is 10.3. The number of hydrogen-bond acceptors (Lipinski definition) is 3. The zero-order chi connectivity index (χ0) is 14.8. The molecule has 7 nitrogen and oxygen atoms in total. The lowest BCUT2D eigenvalue weighted by atomic mass is 10.1. The molecule has 0 aliphatic heterocycles. The van der Waals surface area contributed by atoms with Crippen molar-refractivity contribution in [3.05, 3.63) is 34.9 Å². The Balaban J connectivity index is 3.01. The average molecular weight is 287 g/mol. The molecule has 1 amide bonds. The summed E-state index contributed by atoms with van der Waals surface area (Å²) in [7, 11) is -4.96. The third kappa shape index (κ3) is 4.17. The summed E-state index contributed by atoms with van der Waals surface area (Å²) in [6.07, 6.45) is 0. The molecule has 1 atom stereocenters. The monoisotopic (exact) mass is 287 g/mol. The second-order valence-electron chi connectivity index (χ2n) is 4.18. The van der Waals surface area contributed by atoms with Crippen LogP contribution in [0.5, 0.6) is 0 Å². The first-order valence-corrected chi connectivity index (χ1v) is 6.96. The van der Waals surface area contributed by atoms with Crippen LogP contribution in [0.1, 0.15) is 21.5 Å². The van der Waals surface area contributed by atoms with Gasteiger partial charge in [0.2, 0.25) is 5.78 Å². The molecule has 0 heterocycles. The Hall–Kier alpha value is -1.69. The maximum atomic E-state index is 11.8. The molecule has 1 aromatic carbocycles. The highest BCUT2D eigenvalue weighted by Crippen LogP contribution is 2.39. The quantitative estimate of drug-likeness (QED) is 0.602. The third-order valence-electron chi connectivity index (χ3n) is 2.32. The van der Waals surface area contributed by atoms with Gasteiger partial charge in [-0.2, -0.15) is 0 Å². The van der Waals surface area contributed by atoms with Gasteiger partial charge < -0.3 is 20.2 Å². The van der Waals surface area contributed by atoms with Crippen molar-refractivity contribution in [2.24, 2.45) is 0 Å². The number of amides is 1. The highest BCUT2D eigenvalue weighted by molar-refractivity contribution is 7.53. The number of hydrogen-bond donors (Lipinski definition) is 4. The van der Waals surface area contributed by atoms with Crippen LogP contribution in [0.25, 0.3) is 0 Å². The molecule has 104 valence electrons. The molecular formula is C11H14NO6P. The van der Waals surface area contributed by atoms with Crippen LogP contribution in [0.15, 0.2) is 18.2 Å². The van der Waals surface area contributed by atoms with Crippen molar-refractivity contribution in [1.82, 2.24) is 5.32 Å². The highest BCUT2D eigenvalue weighted by atomic mass is 31.2. The van der Waals surface area contributed by atoms with Crippen molar-refractivity contribution in [3.63, 3.8) is 0 Å². The molecule has 0 aromatic heterocycles. The number of carbonyl (C=O) groups excluding carboxylic acids is 1. The van der Waals surface area contributed by atoms with E-state index < -0.39 is 25.3 Å². The molecule has 1 rings (SSSR count). The van der Waals surface area contributed by atoms with Crippen molar-refractivity contribution in [2.45, 2.75) is 19.6 Å². The minimum absolute atomic E-state index is 0.150. The molecule has 1 unspecified atom stereocenters. The lowest BCUT2D eigenvalue weighted by Gasteiger charge is -2.16. The Morgan fingerprint density at radius 3 is 2.00 bits per heavy atom. The van der Waals surface area contributed by atoms with Crippen LogP contribution in [-0.4, -0.2) is 32.6 Å². The Kier molecular flexibility index (Phi) is 4.47. The van der Waals surface area contributed by atoms with E-state index in [0.29, 0.717) is 0 Å². The number of carboxylic acid groups (broad SMARTS) is 1. The lowest BCUT2D eigenvalue weighted by Crippen LogP contribution is -2.40. The minimum atomic E-state index is -4.96. The molecule has 8 heteroatoms. The van der Waals surface area contributed by atoms with Gasteiger partial charge in [0.25, 0.3) is 5.91 Å². The Labute approximate surface area is 109 Å². The number of carboxylic acids is 1. The summed E-state index contributed by atoms with van der Waals surface area (Å²) in [6.45, 7) is 3.50. The van der Waals surface area contributed by atoms with Gasteiger partial charge in [-0.1, -0.05) is 17.2 Å². The molecular weight excluding hydrogens is 273 g/mol. The number of nitrogens with one attached hydrogen (secondary N) is 1. The topological polar surface area (TPSA) is 124 Å². The van der Waals surface area contributed by atoms with Gasteiger partial charge in [0.1, 0.15) is 0 Å². The predicted octanol–water partition coefficient (Wildman–Crippen LogP) is 0.622. The van der Waals surface area contributed by atoms with E-state index in [9.17, 15) is 14.2 Å². The Morgan fingerprint density at radius 2 is 1.63 bits per heavy atom. The summed E-state index contributed by atoms with van der Waals surface area (Å²) in [5, 5.41) is 10.5. The zero-order valence-corrected chi connectivity index (χ0v) is 11.2. The fourth-order valence-electron chi connectivity index (χ4n) is 1.60. The van der Waals surface area contributed by atoms with E-state index in [-0.39, 0.29) is 5.56 Å². The van der Waals surface area contributed by atoms with Crippen LogP contribution in [0.2, 0.25) is 0 Å². The van der Waals surface area contributed by atoms with Gasteiger partial charge in [0.05, 0.1) is 0 Å². The summed E-state index contributed by atoms with van der Waals surface area (Å²) < 4.78 is 11.0. The largest absolute Gasteiger partial charge is 0.479 e. The molecule has 0 radical (unpaired) electrons. The van der Waals surface area contributed by atoms with Gasteiger partial charge in [-0.15, -0.1) is 0 Å². The van der Waals surface area contributed by atoms with Gasteiger partial charge >= 0.3 is 13.6 Å². The number of aryl methyl sites for hydroxylation is 2. The van der Waals surface area contributed by atoms with Crippen LogP contribution in [0, 0.1) is 13.8 Å². The Morgan fingerprint density at radius 1 is 1.16 bits per heavy atom. The van der Waals surface area contributed by atoms with Gasteiger partial charge in [0, 0.05) is 5.56 Å². The summed E-state index contributed by atoms with van der Waals surface area (Å²) in [5.41, 5.74) is 1.72. The third-order valence-corrected chi connectivity index (χ3v) is 3.34. The summed E-state index contributed by atoms with van der Waals surface area (Å²) >= 11 is 0. The first-order chi connectivity index (χ1) is 8.61. The van der Waals surface area contributed by atoms with Crippen molar-refractivity contribution in [2.75, 3.05) is 0 Å². The predicted molar refractivity (Wildman–Crippen MR) is 66.9 cm³/mol. The molecule has 0 fully saturated rings. The van der Waals surface area contributed by atoms with E-state index in [2.05, 4.69) is 0 Å². The maximum Gasteiger partial charge on any atom is 0.359 e. The SMILES string of the molecule is Cc1cc(C)cc(C(=O)NC(C(=O)O)P(=O)(O)O)c1. The molecule has 19 heavy (non-hydrogen) atoms. The smallest absolute Gasteiger partial charge is 0.359 e. The van der Waals surface area contributed by atoms with E-state index in [1.807, 2.05) is 11.4 Å². The molecule has 0 saturated carbocycles. The van der Waals surface area contributed by atoms with Crippen LogP contribution in [0.4, 0.5) is 0 Å². The second kappa shape index (κ2) is 5.52. The fraction of sp³-hybridized carbons (Fsp3) is 0.273. The van der Waals surface area contributed by atoms with Crippen LogP contribution in [0.3, 0.4) is 0 Å². The van der Waals surface area contributed by atoms with E-state index in [0.717, 1.165) is 11.1 Å². The molecule has 0 aliphatic rings. The van der Waals surface area contributed by atoms with E-state index in [1.165, 1.54) is 12.1 Å². The summed E-state index contributed by atoms with van der Waals surface area (Å²) in [4.78, 5) is 40.3. The molecule has 4 N–H and O–H groups in total. The van der Waals surface area contributed by atoms with E-state index in [4.69, 9.17) is 14.9 Å². The average Bonchev–Trinajstić information content (AvgIpc) is 2.21. The summed E-state index contributed by atoms with van der Waals surface area (Å²) in [5.74, 6) is -4.88. The highest BCUT2D eigenvalue weighted by Gasteiger charge is 2.37. The first kappa shape index (κ1) is 15.4. The van der Waals surface area contributed by atoms with Crippen molar-refractivity contribution < 1.29 is 29.0 Å². The van der Waals surface area contributed by atoms with Crippen LogP contribution in [-0.2, 0) is 9.36 Å². The van der Waals surface area contributed by atoms with Crippen LogP contribution >= 0.6 is 7.60 Å². The van der Waals surface area contributed by atoms with Gasteiger partial charge in [0.15, 0.2) is 0 Å². The lowest BCUT2D eigenvalue weighted by molar-refractivity contribution is -0.137. The van der Waals surface area contributed by atoms with Gasteiger partial charge in [-0.3, -0.25) is 9.36 Å². The number of aliphatic carboxylic acids is 1. The van der Waals surface area contributed by atoms with Gasteiger partial charge in [-0.05, 0) is 26.0 Å². The van der Waals surface area contributed by atoms with Crippen molar-refractivity contribution in [3.8, 4) is 0 Å². The van der Waals surface area contributed by atoms with Crippen molar-refractivity contribution in [1.29, 1.82) is 0 Å². The fourth-order valence-corrected chi connectivity index (χ4v) is 2.18. The molecule has 0 spiro atoms. The molecule has 0 bridgehead atoms. The number of rotatable bonds is 4. The number of carbonyl (C=O) groups is 2. The van der Waals surface area contributed by atoms with E-state index in [1.54, 1.807) is 13.8 Å². The number of benzene rings is 1. The second-order valence-corrected chi connectivity index (χ2v) is 5.87. The molecule has 1 aromatic rings. The summed E-state index contributed by atoms with van der Waals surface area (Å²) in [6, 6.07) is 4.82. The van der Waals surface area contributed by atoms with Gasteiger partial charge in [-0.25, -0.2) is 4.79 Å². The van der Waals surface area contributed by atoms with Crippen molar-refractivity contribution >= 4 is 19.5 Å². The van der Waals surface area contributed by atoms with Crippen LogP contribution < -0.4 is 5.32 Å². The maximum absolute atomic E-state index is 11.8. The molecule has 0 saturated heterocycles. The first-order valence-electron chi connectivity index (χ1n) is 5.28. The normalized spacial score (nSPS) is 12.8. The molecule has 0 aliphatic carbocycles. The standard InChI is InChI=1S/C11H14NO6P/c1-6-3-7(2)5-8(4-6)9(13)12-10(11(14)15)19(16,17)18/h3-5,10H,1-2H3,(H,12,13)(H,14,15)(H2,16,17,18). The minimum Gasteiger partial charge on any atom is -0.479 e.